The van der Waals surface area contributed by atoms with E-state index in [4.69, 9.17) is 5.73 Å². The van der Waals surface area contributed by atoms with Crippen molar-refractivity contribution in [2.24, 2.45) is 5.73 Å². The fraction of sp³-hybridized carbons (Fsp3) is 0.333. The van der Waals surface area contributed by atoms with Crippen molar-refractivity contribution in [3.05, 3.63) is 29.6 Å². The van der Waals surface area contributed by atoms with Crippen molar-refractivity contribution in [3.63, 3.8) is 0 Å². The lowest BCUT2D eigenvalue weighted by molar-refractivity contribution is 0.0949. The molecule has 0 aromatic carbocycles. The molecule has 0 radical (unpaired) electrons. The van der Waals surface area contributed by atoms with E-state index in [0.29, 0.717) is 5.56 Å². The smallest absolute Gasteiger partial charge is 0.269 e. The second-order valence-electron chi connectivity index (χ2n) is 3.86. The van der Waals surface area contributed by atoms with Crippen LogP contribution < -0.4 is 15.8 Å². The van der Waals surface area contributed by atoms with Crippen LogP contribution in [-0.4, -0.2) is 45.2 Å². The van der Waals surface area contributed by atoms with Crippen LogP contribution in [0.15, 0.2) is 18.3 Å². The standard InChI is InChI=1S/C12H16N4O3S/c1-20(18,19)16-8-7-14-12(17)11-5-4-10(9-15-11)3-2-6-13/h4-5,9,16H,6-8,13H2,1H3,(H,14,17). The minimum atomic E-state index is -3.24. The van der Waals surface area contributed by atoms with E-state index in [1.165, 1.54) is 6.20 Å². The fourth-order valence-corrected chi connectivity index (χ4v) is 1.73. The molecule has 1 rings (SSSR count). The highest BCUT2D eigenvalue weighted by Crippen LogP contribution is 1.98. The molecule has 0 atom stereocenters. The summed E-state index contributed by atoms with van der Waals surface area (Å²) in [5.41, 5.74) is 6.16. The van der Waals surface area contributed by atoms with Gasteiger partial charge in [-0.15, -0.1) is 0 Å². The van der Waals surface area contributed by atoms with Gasteiger partial charge in [0.15, 0.2) is 0 Å². The zero-order valence-corrected chi connectivity index (χ0v) is 11.8. The van der Waals surface area contributed by atoms with Crippen LogP contribution in [0, 0.1) is 11.8 Å². The zero-order chi connectivity index (χ0) is 15.0. The maximum Gasteiger partial charge on any atom is 0.269 e. The highest BCUT2D eigenvalue weighted by Gasteiger charge is 2.06. The van der Waals surface area contributed by atoms with Crippen LogP contribution in [-0.2, 0) is 10.0 Å². The normalized spacial score (nSPS) is 10.5. The van der Waals surface area contributed by atoms with Crippen LogP contribution in [0.3, 0.4) is 0 Å². The summed E-state index contributed by atoms with van der Waals surface area (Å²) in [5.74, 6) is 5.10. The van der Waals surface area contributed by atoms with Gasteiger partial charge < -0.3 is 11.1 Å². The topological polar surface area (TPSA) is 114 Å². The number of carbonyl (C=O) groups excluding carboxylic acids is 1. The molecular weight excluding hydrogens is 280 g/mol. The van der Waals surface area contributed by atoms with Crippen molar-refractivity contribution in [3.8, 4) is 11.8 Å². The largest absolute Gasteiger partial charge is 0.349 e. The molecule has 0 spiro atoms. The molecule has 1 aromatic rings. The van der Waals surface area contributed by atoms with E-state index in [1.807, 2.05) is 0 Å². The summed E-state index contributed by atoms with van der Waals surface area (Å²) >= 11 is 0. The Hall–Kier alpha value is -1.95. The summed E-state index contributed by atoms with van der Waals surface area (Å²) in [6, 6.07) is 3.21. The number of hydrogen-bond acceptors (Lipinski definition) is 5. The summed E-state index contributed by atoms with van der Waals surface area (Å²) in [7, 11) is -3.24. The Morgan fingerprint density at radius 1 is 1.40 bits per heavy atom. The third-order valence-corrected chi connectivity index (χ3v) is 2.83. The first kappa shape index (κ1) is 16.1. The lowest BCUT2D eigenvalue weighted by atomic mass is 10.2. The van der Waals surface area contributed by atoms with E-state index in [-0.39, 0.29) is 31.2 Å². The number of nitrogens with zero attached hydrogens (tertiary/aromatic N) is 1. The number of aromatic nitrogens is 1. The van der Waals surface area contributed by atoms with Crippen LogP contribution in [0.25, 0.3) is 0 Å². The van der Waals surface area contributed by atoms with Gasteiger partial charge in [0, 0.05) is 24.8 Å². The van der Waals surface area contributed by atoms with Crippen molar-refractivity contribution in [2.45, 2.75) is 0 Å². The number of nitrogens with two attached hydrogens (primary N) is 1. The Labute approximate surface area is 118 Å². The average molecular weight is 296 g/mol. The zero-order valence-electron chi connectivity index (χ0n) is 11.0. The summed E-state index contributed by atoms with van der Waals surface area (Å²) in [6.45, 7) is 0.572. The third-order valence-electron chi connectivity index (χ3n) is 2.11. The number of sulfonamides is 1. The molecule has 7 nitrogen and oxygen atoms in total. The first-order valence-corrected chi connectivity index (χ1v) is 7.69. The van der Waals surface area contributed by atoms with Gasteiger partial charge in [-0.2, -0.15) is 0 Å². The molecule has 0 fully saturated rings. The van der Waals surface area contributed by atoms with Gasteiger partial charge >= 0.3 is 0 Å². The second-order valence-corrected chi connectivity index (χ2v) is 5.69. The Balaban J connectivity index is 2.48. The minimum absolute atomic E-state index is 0.130. The van der Waals surface area contributed by atoms with E-state index in [9.17, 15) is 13.2 Å². The van der Waals surface area contributed by atoms with Crippen LogP contribution in [0.5, 0.6) is 0 Å². The number of rotatable bonds is 5. The van der Waals surface area contributed by atoms with E-state index in [1.54, 1.807) is 12.1 Å². The van der Waals surface area contributed by atoms with Gasteiger partial charge in [0.2, 0.25) is 10.0 Å². The summed E-state index contributed by atoms with van der Waals surface area (Å²) in [5, 5.41) is 2.55. The molecular formula is C12H16N4O3S. The van der Waals surface area contributed by atoms with Crippen molar-refractivity contribution in [1.82, 2.24) is 15.0 Å². The molecule has 1 amide bonds. The molecule has 0 unspecified atom stereocenters. The van der Waals surface area contributed by atoms with Gasteiger partial charge in [0.1, 0.15) is 5.69 Å². The van der Waals surface area contributed by atoms with Crippen LogP contribution >= 0.6 is 0 Å². The van der Waals surface area contributed by atoms with E-state index < -0.39 is 10.0 Å². The van der Waals surface area contributed by atoms with Gasteiger partial charge in [0.05, 0.1) is 12.8 Å². The van der Waals surface area contributed by atoms with Crippen LogP contribution in [0.4, 0.5) is 0 Å². The lowest BCUT2D eigenvalue weighted by Crippen LogP contribution is -2.34. The first-order chi connectivity index (χ1) is 9.42. The molecule has 1 heterocycles. The summed E-state index contributed by atoms with van der Waals surface area (Å²) in [6.07, 6.45) is 2.53. The van der Waals surface area contributed by atoms with Crippen molar-refractivity contribution in [2.75, 3.05) is 25.9 Å². The van der Waals surface area contributed by atoms with E-state index in [2.05, 4.69) is 26.9 Å². The molecule has 0 bridgehead atoms. The molecule has 8 heteroatoms. The number of nitrogens with one attached hydrogen (secondary N) is 2. The minimum Gasteiger partial charge on any atom is -0.349 e. The fourth-order valence-electron chi connectivity index (χ4n) is 1.26. The third kappa shape index (κ3) is 6.29. The Morgan fingerprint density at radius 3 is 2.70 bits per heavy atom. The van der Waals surface area contributed by atoms with Gasteiger partial charge in [-0.05, 0) is 12.1 Å². The number of hydrogen-bond donors (Lipinski definition) is 3. The summed E-state index contributed by atoms with van der Waals surface area (Å²) < 4.78 is 23.9. The van der Waals surface area contributed by atoms with Crippen LogP contribution in [0.2, 0.25) is 0 Å². The molecule has 0 aliphatic heterocycles. The first-order valence-electron chi connectivity index (χ1n) is 5.80. The van der Waals surface area contributed by atoms with Gasteiger partial charge in [0.25, 0.3) is 5.91 Å². The Kier molecular flexibility index (Phi) is 6.11. The number of pyridine rings is 1. The molecule has 20 heavy (non-hydrogen) atoms. The molecule has 0 saturated heterocycles. The predicted molar refractivity (Wildman–Crippen MR) is 75.3 cm³/mol. The number of amides is 1. The van der Waals surface area contributed by atoms with Gasteiger partial charge in [-0.1, -0.05) is 11.8 Å². The monoisotopic (exact) mass is 296 g/mol. The van der Waals surface area contributed by atoms with Gasteiger partial charge in [-0.3, -0.25) is 4.79 Å². The van der Waals surface area contributed by atoms with Crippen LogP contribution in [0.1, 0.15) is 16.1 Å². The SMILES string of the molecule is CS(=O)(=O)NCCNC(=O)c1ccc(C#CCN)cn1. The maximum absolute atomic E-state index is 11.7. The van der Waals surface area contributed by atoms with Crippen molar-refractivity contribution in [1.29, 1.82) is 0 Å². The Morgan fingerprint density at radius 2 is 2.15 bits per heavy atom. The molecule has 0 saturated carbocycles. The Bertz CT molecular complexity index is 614. The number of carbonyl (C=O) groups is 1. The van der Waals surface area contributed by atoms with Crippen molar-refractivity contribution >= 4 is 15.9 Å². The predicted octanol–water partition coefficient (Wildman–Crippen LogP) is -1.33. The maximum atomic E-state index is 11.7. The molecule has 1 aromatic heterocycles. The average Bonchev–Trinajstić information content (AvgIpc) is 2.40. The quantitative estimate of drug-likeness (QED) is 0.460. The second kappa shape index (κ2) is 7.59. The van der Waals surface area contributed by atoms with E-state index >= 15 is 0 Å². The van der Waals surface area contributed by atoms with E-state index in [0.717, 1.165) is 6.26 Å². The van der Waals surface area contributed by atoms with Crippen molar-refractivity contribution < 1.29 is 13.2 Å². The highest BCUT2D eigenvalue weighted by molar-refractivity contribution is 7.88. The van der Waals surface area contributed by atoms with Gasteiger partial charge in [-0.25, -0.2) is 18.1 Å². The highest BCUT2D eigenvalue weighted by atomic mass is 32.2. The molecule has 0 aliphatic carbocycles. The summed E-state index contributed by atoms with van der Waals surface area (Å²) in [4.78, 5) is 15.7. The molecule has 0 aliphatic rings. The lowest BCUT2D eigenvalue weighted by Gasteiger charge is -2.05. The molecule has 4 N–H and O–H groups in total. The molecule has 108 valence electrons.